The van der Waals surface area contributed by atoms with Gasteiger partial charge in [0.25, 0.3) is 0 Å². The summed E-state index contributed by atoms with van der Waals surface area (Å²) in [5.74, 6) is 0. The summed E-state index contributed by atoms with van der Waals surface area (Å²) in [6.07, 6.45) is 7.01. The minimum atomic E-state index is 1.06. The zero-order valence-corrected chi connectivity index (χ0v) is 15.0. The lowest BCUT2D eigenvalue weighted by Gasteiger charge is -2.10. The van der Waals surface area contributed by atoms with Crippen LogP contribution in [0.1, 0.15) is 17.5 Å². The Morgan fingerprint density at radius 2 is 2.04 bits per heavy atom. The van der Waals surface area contributed by atoms with E-state index in [4.69, 9.17) is 0 Å². The molecule has 3 N–H and O–H groups in total. The Hall–Kier alpha value is -2.17. The van der Waals surface area contributed by atoms with E-state index in [0.29, 0.717) is 0 Å². The Kier molecular flexibility index (Phi) is 3.80. The molecule has 5 rings (SSSR count). The molecule has 2 aliphatic heterocycles. The average molecular weight is 348 g/mol. The number of quaternary nitrogens is 1. The average Bonchev–Trinajstić information content (AvgIpc) is 3.27. The SMILES string of the molecule is C1=C(c2cn(Sc3ccc4c(c3)CCN4)c3ccccc23)CC[NH2+]C1. The van der Waals surface area contributed by atoms with Gasteiger partial charge in [0.15, 0.2) is 0 Å². The molecule has 3 heterocycles. The van der Waals surface area contributed by atoms with Gasteiger partial charge in [0.1, 0.15) is 0 Å². The zero-order chi connectivity index (χ0) is 16.6. The minimum absolute atomic E-state index is 1.06. The van der Waals surface area contributed by atoms with E-state index in [1.807, 2.05) is 11.9 Å². The van der Waals surface area contributed by atoms with Gasteiger partial charge in [-0.25, -0.2) is 0 Å². The van der Waals surface area contributed by atoms with Crippen molar-refractivity contribution in [1.82, 2.24) is 3.97 Å². The molecule has 0 atom stereocenters. The van der Waals surface area contributed by atoms with E-state index in [-0.39, 0.29) is 0 Å². The minimum Gasteiger partial charge on any atom is -0.384 e. The molecule has 4 heteroatoms. The van der Waals surface area contributed by atoms with E-state index in [1.165, 1.54) is 44.7 Å². The van der Waals surface area contributed by atoms with E-state index in [0.717, 1.165) is 25.9 Å². The molecular weight excluding hydrogens is 326 g/mol. The number of benzene rings is 2. The summed E-state index contributed by atoms with van der Waals surface area (Å²) in [6.45, 7) is 3.35. The Labute approximate surface area is 152 Å². The highest BCUT2D eigenvalue weighted by atomic mass is 32.2. The molecule has 3 nitrogen and oxygen atoms in total. The lowest BCUT2D eigenvalue weighted by molar-refractivity contribution is -0.646. The van der Waals surface area contributed by atoms with Gasteiger partial charge in [-0.3, -0.25) is 3.97 Å². The molecule has 0 spiro atoms. The largest absolute Gasteiger partial charge is 0.384 e. The first-order valence-electron chi connectivity index (χ1n) is 9.05. The molecule has 0 saturated carbocycles. The fourth-order valence-corrected chi connectivity index (χ4v) is 4.85. The quantitative estimate of drug-likeness (QED) is 0.759. The molecule has 2 aromatic carbocycles. The first-order chi connectivity index (χ1) is 12.4. The number of fused-ring (bicyclic) bond motifs is 2. The van der Waals surface area contributed by atoms with E-state index in [2.05, 4.69) is 69.3 Å². The summed E-state index contributed by atoms with van der Waals surface area (Å²) in [5, 5.41) is 7.18. The third-order valence-corrected chi connectivity index (χ3v) is 6.13. The van der Waals surface area contributed by atoms with Crippen LogP contribution in [0.15, 0.2) is 59.6 Å². The molecular formula is C21H22N3S+. The highest BCUT2D eigenvalue weighted by Crippen LogP contribution is 2.35. The van der Waals surface area contributed by atoms with E-state index in [9.17, 15) is 0 Å². The number of hydrogen-bond donors (Lipinski definition) is 2. The molecule has 126 valence electrons. The summed E-state index contributed by atoms with van der Waals surface area (Å²) in [6, 6.07) is 15.6. The normalized spacial score (nSPS) is 16.6. The molecule has 2 aliphatic rings. The number of aromatic nitrogens is 1. The predicted molar refractivity (Wildman–Crippen MR) is 106 cm³/mol. The van der Waals surface area contributed by atoms with Crippen LogP contribution in [0.2, 0.25) is 0 Å². The summed E-state index contributed by atoms with van der Waals surface area (Å²) < 4.78 is 2.34. The molecule has 25 heavy (non-hydrogen) atoms. The second-order valence-corrected chi connectivity index (χ2v) is 7.81. The maximum Gasteiger partial charge on any atom is 0.0948 e. The second-order valence-electron chi connectivity index (χ2n) is 6.77. The van der Waals surface area contributed by atoms with Gasteiger partial charge < -0.3 is 10.6 Å². The lowest BCUT2D eigenvalue weighted by Crippen LogP contribution is -2.84. The van der Waals surface area contributed by atoms with Crippen LogP contribution in [0, 0.1) is 0 Å². The van der Waals surface area contributed by atoms with Crippen LogP contribution >= 0.6 is 11.9 Å². The number of anilines is 1. The van der Waals surface area contributed by atoms with Crippen LogP contribution in [0.25, 0.3) is 16.5 Å². The Bertz CT molecular complexity index is 970. The van der Waals surface area contributed by atoms with Gasteiger partial charge in [-0.15, -0.1) is 0 Å². The van der Waals surface area contributed by atoms with Crippen molar-refractivity contribution in [3.8, 4) is 0 Å². The maximum absolute atomic E-state index is 3.44. The monoisotopic (exact) mass is 348 g/mol. The van der Waals surface area contributed by atoms with Crippen LogP contribution in [-0.4, -0.2) is 23.6 Å². The van der Waals surface area contributed by atoms with Crippen LogP contribution in [0.5, 0.6) is 0 Å². The number of para-hydroxylation sites is 1. The highest BCUT2D eigenvalue weighted by molar-refractivity contribution is 7.98. The van der Waals surface area contributed by atoms with Crippen molar-refractivity contribution in [2.45, 2.75) is 17.7 Å². The van der Waals surface area contributed by atoms with Crippen LogP contribution < -0.4 is 10.6 Å². The van der Waals surface area contributed by atoms with Gasteiger partial charge in [0, 0.05) is 40.7 Å². The maximum atomic E-state index is 3.44. The first kappa shape index (κ1) is 15.1. The number of nitrogens with two attached hydrogens (primary N) is 1. The van der Waals surface area contributed by atoms with E-state index in [1.54, 1.807) is 0 Å². The molecule has 0 radical (unpaired) electrons. The summed E-state index contributed by atoms with van der Waals surface area (Å²) in [4.78, 5) is 1.31. The smallest absolute Gasteiger partial charge is 0.0948 e. The van der Waals surface area contributed by atoms with Gasteiger partial charge in [-0.1, -0.05) is 18.2 Å². The number of rotatable bonds is 3. The molecule has 0 amide bonds. The fourth-order valence-electron chi connectivity index (χ4n) is 3.88. The van der Waals surface area contributed by atoms with Crippen molar-refractivity contribution in [2.75, 3.05) is 25.0 Å². The molecule has 0 bridgehead atoms. The van der Waals surface area contributed by atoms with Gasteiger partial charge in [0.2, 0.25) is 0 Å². The van der Waals surface area contributed by atoms with Gasteiger partial charge in [-0.05, 0) is 59.8 Å². The molecule has 0 aliphatic carbocycles. The van der Waals surface area contributed by atoms with Crippen LogP contribution in [0.3, 0.4) is 0 Å². The second kappa shape index (κ2) is 6.28. The van der Waals surface area contributed by atoms with Crippen molar-refractivity contribution in [3.63, 3.8) is 0 Å². The van der Waals surface area contributed by atoms with Gasteiger partial charge >= 0.3 is 0 Å². The zero-order valence-electron chi connectivity index (χ0n) is 14.2. The molecule has 0 fully saturated rings. The molecule has 0 saturated heterocycles. The molecule has 3 aromatic rings. The molecule has 1 aromatic heterocycles. The van der Waals surface area contributed by atoms with Crippen molar-refractivity contribution < 1.29 is 5.32 Å². The third kappa shape index (κ3) is 2.75. The number of hydrogen-bond acceptors (Lipinski definition) is 2. The van der Waals surface area contributed by atoms with Crippen molar-refractivity contribution >= 4 is 34.1 Å². The summed E-state index contributed by atoms with van der Waals surface area (Å²) in [7, 11) is 0. The Balaban J connectivity index is 1.56. The van der Waals surface area contributed by atoms with E-state index < -0.39 is 0 Å². The summed E-state index contributed by atoms with van der Waals surface area (Å²) in [5.41, 5.74) is 6.94. The Morgan fingerprint density at radius 1 is 1.08 bits per heavy atom. The van der Waals surface area contributed by atoms with E-state index >= 15 is 0 Å². The van der Waals surface area contributed by atoms with Crippen LogP contribution in [0.4, 0.5) is 5.69 Å². The number of nitrogens with one attached hydrogen (secondary N) is 1. The van der Waals surface area contributed by atoms with Crippen molar-refractivity contribution in [3.05, 3.63) is 65.9 Å². The van der Waals surface area contributed by atoms with Crippen LogP contribution in [-0.2, 0) is 6.42 Å². The fraction of sp³-hybridized carbons (Fsp3) is 0.238. The van der Waals surface area contributed by atoms with Crippen molar-refractivity contribution in [1.29, 1.82) is 0 Å². The number of nitrogens with zero attached hydrogens (tertiary/aromatic N) is 1. The summed E-state index contributed by atoms with van der Waals surface area (Å²) >= 11 is 1.82. The standard InChI is InChI=1S/C21H21N3S/c1-2-4-21-18(3-1)19(15-7-10-22-11-8-15)14-24(21)25-17-5-6-20-16(13-17)9-12-23-20/h1-7,13-14,22-23H,8-12H2/p+1. The predicted octanol–water partition coefficient (Wildman–Crippen LogP) is 3.52. The molecule has 0 unspecified atom stereocenters. The first-order valence-corrected chi connectivity index (χ1v) is 9.82. The Morgan fingerprint density at radius 3 is 2.96 bits per heavy atom. The van der Waals surface area contributed by atoms with Crippen molar-refractivity contribution in [2.24, 2.45) is 0 Å². The van der Waals surface area contributed by atoms with Gasteiger partial charge in [0.05, 0.1) is 18.6 Å². The lowest BCUT2D eigenvalue weighted by atomic mass is 10.00. The third-order valence-electron chi connectivity index (χ3n) is 5.16. The highest BCUT2D eigenvalue weighted by Gasteiger charge is 2.16. The topological polar surface area (TPSA) is 33.6 Å². The van der Waals surface area contributed by atoms with Gasteiger partial charge in [-0.2, -0.15) is 0 Å².